The van der Waals surface area contributed by atoms with Gasteiger partial charge in [0.15, 0.2) is 0 Å². The van der Waals surface area contributed by atoms with E-state index in [4.69, 9.17) is 16.3 Å². The Kier molecular flexibility index (Phi) is 5.71. The van der Waals surface area contributed by atoms with Crippen molar-refractivity contribution < 1.29 is 9.66 Å². The summed E-state index contributed by atoms with van der Waals surface area (Å²) < 4.78 is 5.68. The van der Waals surface area contributed by atoms with E-state index in [1.165, 1.54) is 12.2 Å². The molecule has 0 fully saturated rings. The zero-order chi connectivity index (χ0) is 20.1. The minimum atomic E-state index is -1.06. The van der Waals surface area contributed by atoms with Gasteiger partial charge in [-0.3, -0.25) is 19.9 Å². The van der Waals surface area contributed by atoms with Gasteiger partial charge in [0.1, 0.15) is 18.1 Å². The predicted octanol–water partition coefficient (Wildman–Crippen LogP) is 3.37. The second-order valence-electron chi connectivity index (χ2n) is 5.71. The van der Waals surface area contributed by atoms with Crippen LogP contribution < -0.4 is 16.0 Å². The molecule has 1 heterocycles. The van der Waals surface area contributed by atoms with Crippen molar-refractivity contribution in [2.75, 3.05) is 0 Å². The lowest BCUT2D eigenvalue weighted by molar-refractivity contribution is -0.386. The second kappa shape index (κ2) is 8.36. The number of rotatable bonds is 6. The molecule has 0 spiro atoms. The first-order valence-corrected chi connectivity index (χ1v) is 8.47. The molecule has 0 aliphatic heterocycles. The first-order chi connectivity index (χ1) is 13.4. The number of nitro groups is 1. The number of hydrogen-bond acceptors (Lipinski definition) is 5. The van der Waals surface area contributed by atoms with E-state index in [1.807, 2.05) is 23.2 Å². The summed E-state index contributed by atoms with van der Waals surface area (Å²) >= 11 is 6.09. The Balaban J connectivity index is 1.74. The minimum Gasteiger partial charge on any atom is -0.489 e. The molecule has 8 nitrogen and oxygen atoms in total. The molecule has 0 radical (unpaired) electrons. The van der Waals surface area contributed by atoms with Crippen molar-refractivity contribution in [3.05, 3.63) is 101 Å². The fourth-order valence-electron chi connectivity index (χ4n) is 2.43. The SMILES string of the molecule is O=c1[nH]c(/C=C/c2ccc(OCc3ccccc3Cl)cc2)c([N+](=O)[O-])c(=O)[nH]1. The molecule has 0 saturated carbocycles. The summed E-state index contributed by atoms with van der Waals surface area (Å²) in [5.74, 6) is 0.618. The van der Waals surface area contributed by atoms with Crippen LogP contribution in [0.15, 0.2) is 58.1 Å². The molecule has 0 amide bonds. The normalized spacial score (nSPS) is 10.9. The quantitative estimate of drug-likeness (QED) is 0.486. The molecule has 0 bridgehead atoms. The van der Waals surface area contributed by atoms with Crippen molar-refractivity contribution in [2.24, 2.45) is 0 Å². The molecule has 3 aromatic rings. The van der Waals surface area contributed by atoms with Crippen molar-refractivity contribution in [1.29, 1.82) is 0 Å². The van der Waals surface area contributed by atoms with E-state index >= 15 is 0 Å². The highest BCUT2D eigenvalue weighted by molar-refractivity contribution is 6.31. The van der Waals surface area contributed by atoms with Crippen LogP contribution in [0, 0.1) is 10.1 Å². The van der Waals surface area contributed by atoms with Gasteiger partial charge in [-0.1, -0.05) is 48.0 Å². The predicted molar refractivity (Wildman–Crippen MR) is 105 cm³/mol. The highest BCUT2D eigenvalue weighted by Gasteiger charge is 2.18. The molecule has 0 saturated heterocycles. The molecule has 28 heavy (non-hydrogen) atoms. The number of hydrogen-bond donors (Lipinski definition) is 2. The van der Waals surface area contributed by atoms with Gasteiger partial charge in [-0.05, 0) is 29.8 Å². The fraction of sp³-hybridized carbons (Fsp3) is 0.0526. The Bertz CT molecular complexity index is 1150. The van der Waals surface area contributed by atoms with Crippen LogP contribution in [-0.2, 0) is 6.61 Å². The van der Waals surface area contributed by atoms with Gasteiger partial charge in [0.2, 0.25) is 0 Å². The van der Waals surface area contributed by atoms with Crippen molar-refractivity contribution in [3.63, 3.8) is 0 Å². The molecular weight excluding hydrogens is 386 g/mol. The first-order valence-electron chi connectivity index (χ1n) is 8.09. The summed E-state index contributed by atoms with van der Waals surface area (Å²) in [6, 6.07) is 14.3. The second-order valence-corrected chi connectivity index (χ2v) is 6.12. The number of aromatic amines is 2. The smallest absolute Gasteiger partial charge is 0.357 e. The van der Waals surface area contributed by atoms with Crippen LogP contribution in [0.3, 0.4) is 0 Å². The van der Waals surface area contributed by atoms with Crippen molar-refractivity contribution >= 4 is 29.4 Å². The van der Waals surface area contributed by atoms with Crippen LogP contribution >= 0.6 is 11.6 Å². The van der Waals surface area contributed by atoms with Crippen LogP contribution in [0.1, 0.15) is 16.8 Å². The van der Waals surface area contributed by atoms with E-state index in [1.54, 1.807) is 30.3 Å². The lowest BCUT2D eigenvalue weighted by Gasteiger charge is -2.07. The van der Waals surface area contributed by atoms with E-state index in [2.05, 4.69) is 4.98 Å². The number of ether oxygens (including phenoxy) is 1. The van der Waals surface area contributed by atoms with Gasteiger partial charge in [0.25, 0.3) is 0 Å². The average molecular weight is 400 g/mol. The zero-order valence-corrected chi connectivity index (χ0v) is 15.1. The summed E-state index contributed by atoms with van der Waals surface area (Å²) in [5.41, 5.74) is -1.23. The number of benzene rings is 2. The first kappa shape index (κ1) is 19.1. The molecule has 0 unspecified atom stereocenters. The summed E-state index contributed by atoms with van der Waals surface area (Å²) in [6.45, 7) is 0.315. The van der Waals surface area contributed by atoms with Crippen LogP contribution in [0.5, 0.6) is 5.75 Å². The Morgan fingerprint density at radius 2 is 1.75 bits per heavy atom. The largest absolute Gasteiger partial charge is 0.489 e. The maximum Gasteiger partial charge on any atom is 0.357 e. The standard InChI is InChI=1S/C19H14ClN3O5/c20-15-4-2-1-3-13(15)11-28-14-8-5-12(6-9-14)7-10-16-17(23(26)27)18(24)22-19(25)21-16/h1-10H,11H2,(H2,21,22,24,25)/b10-7+. The van der Waals surface area contributed by atoms with Gasteiger partial charge in [-0.2, -0.15) is 0 Å². The third-order valence-corrected chi connectivity index (χ3v) is 4.17. The van der Waals surface area contributed by atoms with E-state index in [9.17, 15) is 19.7 Å². The van der Waals surface area contributed by atoms with E-state index in [0.29, 0.717) is 22.9 Å². The van der Waals surface area contributed by atoms with Crippen LogP contribution in [0.2, 0.25) is 5.02 Å². The lowest BCUT2D eigenvalue weighted by atomic mass is 10.2. The summed E-state index contributed by atoms with van der Waals surface area (Å²) in [7, 11) is 0. The molecule has 0 atom stereocenters. The van der Waals surface area contributed by atoms with E-state index in [-0.39, 0.29) is 5.69 Å². The maximum absolute atomic E-state index is 11.6. The van der Waals surface area contributed by atoms with Gasteiger partial charge in [0, 0.05) is 10.6 Å². The highest BCUT2D eigenvalue weighted by Crippen LogP contribution is 2.20. The average Bonchev–Trinajstić information content (AvgIpc) is 2.65. The number of halogens is 1. The minimum absolute atomic E-state index is 0.183. The van der Waals surface area contributed by atoms with E-state index < -0.39 is 21.9 Å². The fourth-order valence-corrected chi connectivity index (χ4v) is 2.62. The highest BCUT2D eigenvalue weighted by atomic mass is 35.5. The van der Waals surface area contributed by atoms with Crippen LogP contribution in [0.25, 0.3) is 12.2 Å². The molecule has 0 aliphatic carbocycles. The molecule has 2 aromatic carbocycles. The van der Waals surface area contributed by atoms with Crippen LogP contribution in [0.4, 0.5) is 5.69 Å². The third-order valence-electron chi connectivity index (χ3n) is 3.80. The molecular formula is C19H14ClN3O5. The van der Waals surface area contributed by atoms with Crippen molar-refractivity contribution in [2.45, 2.75) is 6.61 Å². The number of nitrogens with one attached hydrogen (secondary N) is 2. The van der Waals surface area contributed by atoms with Crippen LogP contribution in [-0.4, -0.2) is 14.9 Å². The van der Waals surface area contributed by atoms with Gasteiger partial charge < -0.3 is 9.72 Å². The Labute approximate surface area is 163 Å². The van der Waals surface area contributed by atoms with Crippen molar-refractivity contribution in [1.82, 2.24) is 9.97 Å². The Morgan fingerprint density at radius 1 is 1.04 bits per heavy atom. The van der Waals surface area contributed by atoms with Gasteiger partial charge >= 0.3 is 16.9 Å². The Morgan fingerprint density at radius 3 is 2.43 bits per heavy atom. The van der Waals surface area contributed by atoms with Gasteiger partial charge in [-0.15, -0.1) is 0 Å². The molecule has 2 N–H and O–H groups in total. The topological polar surface area (TPSA) is 118 Å². The molecule has 0 aliphatic rings. The van der Waals surface area contributed by atoms with E-state index in [0.717, 1.165) is 5.56 Å². The molecule has 142 valence electrons. The van der Waals surface area contributed by atoms with Crippen molar-refractivity contribution in [3.8, 4) is 5.75 Å². The monoisotopic (exact) mass is 399 g/mol. The molecule has 1 aromatic heterocycles. The third kappa shape index (κ3) is 4.54. The van der Waals surface area contributed by atoms with Gasteiger partial charge in [0.05, 0.1) is 4.92 Å². The Hall–Kier alpha value is -3.65. The molecule has 3 rings (SSSR count). The zero-order valence-electron chi connectivity index (χ0n) is 14.3. The summed E-state index contributed by atoms with van der Waals surface area (Å²) in [5, 5.41) is 11.6. The molecule has 9 heteroatoms. The number of nitrogens with zero attached hydrogens (tertiary/aromatic N) is 1. The maximum atomic E-state index is 11.6. The summed E-state index contributed by atoms with van der Waals surface area (Å²) in [6.07, 6.45) is 2.84. The number of aromatic nitrogens is 2. The number of H-pyrrole nitrogens is 2. The summed E-state index contributed by atoms with van der Waals surface area (Å²) in [4.78, 5) is 37.2. The van der Waals surface area contributed by atoms with Gasteiger partial charge in [-0.25, -0.2) is 4.79 Å². The lowest BCUT2D eigenvalue weighted by Crippen LogP contribution is -2.25.